The van der Waals surface area contributed by atoms with Gasteiger partial charge in [-0.15, -0.1) is 0 Å². The molecule has 1 unspecified atom stereocenters. The van der Waals surface area contributed by atoms with Gasteiger partial charge in [-0.2, -0.15) is 0 Å². The first-order chi connectivity index (χ1) is 11.6. The highest BCUT2D eigenvalue weighted by atomic mass is 16.5. The Hall–Kier alpha value is -2.53. The summed E-state index contributed by atoms with van der Waals surface area (Å²) in [7, 11) is 4.03. The van der Waals surface area contributed by atoms with E-state index in [1.165, 1.54) is 0 Å². The first kappa shape index (κ1) is 16.3. The third kappa shape index (κ3) is 3.86. The molecule has 5 nitrogen and oxygen atoms in total. The van der Waals surface area contributed by atoms with E-state index in [2.05, 4.69) is 34.5 Å². The molecule has 1 aliphatic rings. The average molecular weight is 325 g/mol. The van der Waals surface area contributed by atoms with Crippen LogP contribution in [0.5, 0.6) is 0 Å². The van der Waals surface area contributed by atoms with Gasteiger partial charge in [-0.1, -0.05) is 30.3 Å². The first-order valence-electron chi connectivity index (χ1n) is 8.13. The van der Waals surface area contributed by atoms with E-state index >= 15 is 0 Å². The lowest BCUT2D eigenvalue weighted by Crippen LogP contribution is -2.44. The molecule has 1 atom stereocenters. The van der Waals surface area contributed by atoms with E-state index in [1.54, 1.807) is 4.90 Å². The second-order valence-corrected chi connectivity index (χ2v) is 6.09. The molecule has 0 bridgehead atoms. The molecule has 1 N–H and O–H groups in total. The fraction of sp³-hybridized carbons (Fsp3) is 0.316. The lowest BCUT2D eigenvalue weighted by atomic mass is 10.1. The summed E-state index contributed by atoms with van der Waals surface area (Å²) in [5.41, 5.74) is 3.05. The van der Waals surface area contributed by atoms with Gasteiger partial charge in [0.05, 0.1) is 13.2 Å². The van der Waals surface area contributed by atoms with Crippen LogP contribution in [0.1, 0.15) is 11.7 Å². The normalized spacial score (nSPS) is 17.4. The minimum Gasteiger partial charge on any atom is -0.378 e. The number of amides is 2. The summed E-state index contributed by atoms with van der Waals surface area (Å²) in [6, 6.07) is 17.7. The van der Waals surface area contributed by atoms with E-state index < -0.39 is 0 Å². The summed E-state index contributed by atoms with van der Waals surface area (Å²) in [4.78, 5) is 16.3. The molecule has 1 aliphatic heterocycles. The summed E-state index contributed by atoms with van der Waals surface area (Å²) < 4.78 is 5.86. The third-order valence-corrected chi connectivity index (χ3v) is 4.16. The summed E-state index contributed by atoms with van der Waals surface area (Å²) in [5.74, 6) is 0. The van der Waals surface area contributed by atoms with Crippen molar-refractivity contribution in [1.29, 1.82) is 0 Å². The van der Waals surface area contributed by atoms with E-state index in [-0.39, 0.29) is 12.1 Å². The number of hydrogen-bond donors (Lipinski definition) is 1. The Morgan fingerprint density at radius 2 is 1.83 bits per heavy atom. The summed E-state index contributed by atoms with van der Waals surface area (Å²) >= 11 is 0. The fourth-order valence-electron chi connectivity index (χ4n) is 2.75. The Morgan fingerprint density at radius 3 is 2.50 bits per heavy atom. The minimum atomic E-state index is -0.0866. The third-order valence-electron chi connectivity index (χ3n) is 4.16. The zero-order chi connectivity index (χ0) is 16.9. The lowest BCUT2D eigenvalue weighted by molar-refractivity contribution is -0.0135. The second-order valence-electron chi connectivity index (χ2n) is 6.09. The van der Waals surface area contributed by atoms with Gasteiger partial charge in [0, 0.05) is 32.0 Å². The minimum absolute atomic E-state index is 0.0839. The molecule has 0 saturated carbocycles. The molecule has 3 rings (SSSR count). The standard InChI is InChI=1S/C19H23N3O2/c1-21(2)17-10-8-15(9-11-17)18-14-22(12-13-24-18)19(23)20-16-6-4-3-5-7-16/h3-11,18H,12-14H2,1-2H3,(H,20,23). The zero-order valence-corrected chi connectivity index (χ0v) is 14.1. The van der Waals surface area contributed by atoms with Gasteiger partial charge < -0.3 is 19.9 Å². The number of anilines is 2. The number of ether oxygens (including phenoxy) is 1. The Bertz CT molecular complexity index is 671. The maximum absolute atomic E-state index is 12.4. The van der Waals surface area contributed by atoms with Crippen molar-refractivity contribution >= 4 is 17.4 Å². The molecular formula is C19H23N3O2. The highest BCUT2D eigenvalue weighted by molar-refractivity contribution is 5.89. The highest BCUT2D eigenvalue weighted by Gasteiger charge is 2.25. The largest absolute Gasteiger partial charge is 0.378 e. The number of nitrogens with zero attached hydrogens (tertiary/aromatic N) is 2. The van der Waals surface area contributed by atoms with Crippen LogP contribution in [0.25, 0.3) is 0 Å². The van der Waals surface area contributed by atoms with Crippen molar-refractivity contribution in [3.63, 3.8) is 0 Å². The van der Waals surface area contributed by atoms with Gasteiger partial charge in [0.1, 0.15) is 6.10 Å². The monoisotopic (exact) mass is 325 g/mol. The van der Waals surface area contributed by atoms with Crippen LogP contribution < -0.4 is 10.2 Å². The number of rotatable bonds is 3. The van der Waals surface area contributed by atoms with Gasteiger partial charge in [0.15, 0.2) is 0 Å². The predicted octanol–water partition coefficient (Wildman–Crippen LogP) is 3.36. The van der Waals surface area contributed by atoms with Crippen LogP contribution in [0.2, 0.25) is 0 Å². The molecule has 1 fully saturated rings. The molecule has 0 spiro atoms. The summed E-state index contributed by atoms with van der Waals surface area (Å²) in [6.07, 6.45) is -0.0866. The SMILES string of the molecule is CN(C)c1ccc(C2CN(C(=O)Nc3ccccc3)CCO2)cc1. The molecule has 2 aromatic carbocycles. The van der Waals surface area contributed by atoms with E-state index in [0.29, 0.717) is 19.7 Å². The van der Waals surface area contributed by atoms with Crippen molar-refractivity contribution in [2.45, 2.75) is 6.10 Å². The van der Waals surface area contributed by atoms with Crippen LogP contribution in [0.3, 0.4) is 0 Å². The number of benzene rings is 2. The maximum atomic E-state index is 12.4. The van der Waals surface area contributed by atoms with Crippen molar-refractivity contribution in [2.75, 3.05) is 44.0 Å². The second kappa shape index (κ2) is 7.36. The van der Waals surface area contributed by atoms with Gasteiger partial charge in [-0.05, 0) is 29.8 Å². The van der Waals surface area contributed by atoms with E-state index in [4.69, 9.17) is 4.74 Å². The van der Waals surface area contributed by atoms with E-state index in [0.717, 1.165) is 16.9 Å². The van der Waals surface area contributed by atoms with Crippen molar-refractivity contribution in [2.24, 2.45) is 0 Å². The Kier molecular flexibility index (Phi) is 5.01. The van der Waals surface area contributed by atoms with Crippen LogP contribution in [-0.2, 0) is 4.74 Å². The summed E-state index contributed by atoms with van der Waals surface area (Å²) in [5, 5.41) is 2.93. The molecular weight excluding hydrogens is 302 g/mol. The number of urea groups is 1. The molecule has 2 aromatic rings. The Balaban J connectivity index is 1.64. The predicted molar refractivity (Wildman–Crippen MR) is 96.5 cm³/mol. The van der Waals surface area contributed by atoms with Crippen LogP contribution in [0, 0.1) is 0 Å². The number of morpholine rings is 1. The van der Waals surface area contributed by atoms with Crippen LogP contribution in [-0.4, -0.2) is 44.7 Å². The van der Waals surface area contributed by atoms with Crippen LogP contribution >= 0.6 is 0 Å². The fourth-order valence-corrected chi connectivity index (χ4v) is 2.75. The number of para-hydroxylation sites is 1. The highest BCUT2D eigenvalue weighted by Crippen LogP contribution is 2.24. The summed E-state index contributed by atoms with van der Waals surface area (Å²) in [6.45, 7) is 1.70. The topological polar surface area (TPSA) is 44.8 Å². The quantitative estimate of drug-likeness (QED) is 0.941. The molecule has 0 aliphatic carbocycles. The number of hydrogen-bond acceptors (Lipinski definition) is 3. The van der Waals surface area contributed by atoms with Crippen molar-refractivity contribution in [3.8, 4) is 0 Å². The molecule has 0 aromatic heterocycles. The first-order valence-corrected chi connectivity index (χ1v) is 8.13. The van der Waals surface area contributed by atoms with Gasteiger partial charge in [-0.3, -0.25) is 0 Å². The number of nitrogens with one attached hydrogen (secondary N) is 1. The van der Waals surface area contributed by atoms with Crippen molar-refractivity contribution < 1.29 is 9.53 Å². The smallest absolute Gasteiger partial charge is 0.322 e. The molecule has 5 heteroatoms. The van der Waals surface area contributed by atoms with Gasteiger partial charge in [0.25, 0.3) is 0 Å². The maximum Gasteiger partial charge on any atom is 0.322 e. The Morgan fingerprint density at radius 1 is 1.12 bits per heavy atom. The molecule has 1 saturated heterocycles. The molecule has 24 heavy (non-hydrogen) atoms. The zero-order valence-electron chi connectivity index (χ0n) is 14.1. The van der Waals surface area contributed by atoms with Crippen molar-refractivity contribution in [1.82, 2.24) is 4.90 Å². The lowest BCUT2D eigenvalue weighted by Gasteiger charge is -2.33. The average Bonchev–Trinajstić information content (AvgIpc) is 2.63. The van der Waals surface area contributed by atoms with Gasteiger partial charge >= 0.3 is 6.03 Å². The number of carbonyl (C=O) groups excluding carboxylic acids is 1. The molecule has 2 amide bonds. The van der Waals surface area contributed by atoms with E-state index in [1.807, 2.05) is 44.4 Å². The molecule has 126 valence electrons. The molecule has 1 heterocycles. The molecule has 0 radical (unpaired) electrons. The van der Waals surface area contributed by atoms with E-state index in [9.17, 15) is 4.79 Å². The van der Waals surface area contributed by atoms with Gasteiger partial charge in [-0.25, -0.2) is 4.79 Å². The van der Waals surface area contributed by atoms with Crippen molar-refractivity contribution in [3.05, 3.63) is 60.2 Å². The van der Waals surface area contributed by atoms with Crippen LogP contribution in [0.4, 0.5) is 16.2 Å². The number of carbonyl (C=O) groups is 1. The Labute approximate surface area is 142 Å². The van der Waals surface area contributed by atoms with Gasteiger partial charge in [0.2, 0.25) is 0 Å². The van der Waals surface area contributed by atoms with Crippen LogP contribution in [0.15, 0.2) is 54.6 Å².